The summed E-state index contributed by atoms with van der Waals surface area (Å²) in [6.45, 7) is 8.93. The third-order valence-corrected chi connectivity index (χ3v) is 5.20. The SMILES string of the molecule is CCCCC[C@](C)(OCCC)C(=O)Nc1ccc(OCC(=O)N2CCOCC2)cc1. The van der Waals surface area contributed by atoms with E-state index in [2.05, 4.69) is 12.2 Å². The summed E-state index contributed by atoms with van der Waals surface area (Å²) >= 11 is 0. The molecule has 1 atom stereocenters. The quantitative estimate of drug-likeness (QED) is 0.523. The molecule has 1 aliphatic rings. The molecule has 1 heterocycles. The molecule has 168 valence electrons. The summed E-state index contributed by atoms with van der Waals surface area (Å²) in [6, 6.07) is 7.06. The van der Waals surface area contributed by atoms with E-state index in [0.29, 0.717) is 50.8 Å². The predicted molar refractivity (Wildman–Crippen MR) is 117 cm³/mol. The molecule has 1 aromatic rings. The number of rotatable bonds is 12. The Kier molecular flexibility index (Phi) is 10.1. The number of morpholine rings is 1. The van der Waals surface area contributed by atoms with Gasteiger partial charge in [-0.05, 0) is 44.0 Å². The van der Waals surface area contributed by atoms with Gasteiger partial charge in [0.25, 0.3) is 11.8 Å². The van der Waals surface area contributed by atoms with Crippen LogP contribution >= 0.6 is 0 Å². The maximum atomic E-state index is 12.9. The highest BCUT2D eigenvalue weighted by molar-refractivity contribution is 5.97. The molecule has 0 aliphatic carbocycles. The van der Waals surface area contributed by atoms with Crippen LogP contribution in [0.5, 0.6) is 5.75 Å². The second kappa shape index (κ2) is 12.5. The van der Waals surface area contributed by atoms with Crippen molar-refractivity contribution >= 4 is 17.5 Å². The lowest BCUT2D eigenvalue weighted by Crippen LogP contribution is -2.43. The van der Waals surface area contributed by atoms with Gasteiger partial charge in [-0.15, -0.1) is 0 Å². The molecule has 1 saturated heterocycles. The van der Waals surface area contributed by atoms with Gasteiger partial charge in [-0.1, -0.05) is 33.1 Å². The van der Waals surface area contributed by atoms with E-state index >= 15 is 0 Å². The van der Waals surface area contributed by atoms with Crippen molar-refractivity contribution in [1.82, 2.24) is 4.90 Å². The molecule has 1 fully saturated rings. The Hall–Kier alpha value is -2.12. The molecule has 2 rings (SSSR count). The first-order valence-electron chi connectivity index (χ1n) is 11.0. The van der Waals surface area contributed by atoms with E-state index < -0.39 is 5.60 Å². The van der Waals surface area contributed by atoms with Crippen LogP contribution in [0.4, 0.5) is 5.69 Å². The van der Waals surface area contributed by atoms with Crippen molar-refractivity contribution in [2.45, 2.75) is 58.5 Å². The number of unbranched alkanes of at least 4 members (excludes halogenated alkanes) is 2. The monoisotopic (exact) mass is 420 g/mol. The number of nitrogens with one attached hydrogen (secondary N) is 1. The normalized spacial score (nSPS) is 16.0. The largest absolute Gasteiger partial charge is 0.484 e. The Morgan fingerprint density at radius 1 is 1.10 bits per heavy atom. The molecule has 0 radical (unpaired) electrons. The van der Waals surface area contributed by atoms with Gasteiger partial charge >= 0.3 is 0 Å². The Morgan fingerprint density at radius 2 is 1.80 bits per heavy atom. The van der Waals surface area contributed by atoms with E-state index in [4.69, 9.17) is 14.2 Å². The molecule has 1 aromatic carbocycles. The van der Waals surface area contributed by atoms with Crippen molar-refractivity contribution in [1.29, 1.82) is 0 Å². The lowest BCUT2D eigenvalue weighted by atomic mass is 9.96. The van der Waals surface area contributed by atoms with Gasteiger partial charge in [0.05, 0.1) is 13.2 Å². The average molecular weight is 421 g/mol. The van der Waals surface area contributed by atoms with Crippen molar-refractivity contribution in [2.75, 3.05) is 44.8 Å². The van der Waals surface area contributed by atoms with Gasteiger partial charge in [-0.2, -0.15) is 0 Å². The van der Waals surface area contributed by atoms with E-state index in [9.17, 15) is 9.59 Å². The minimum atomic E-state index is -0.842. The summed E-state index contributed by atoms with van der Waals surface area (Å²) in [5.41, 5.74) is -0.168. The van der Waals surface area contributed by atoms with Gasteiger partial charge in [0.1, 0.15) is 11.4 Å². The van der Waals surface area contributed by atoms with E-state index in [1.54, 1.807) is 29.2 Å². The van der Waals surface area contributed by atoms with Gasteiger partial charge in [-0.25, -0.2) is 0 Å². The lowest BCUT2D eigenvalue weighted by Gasteiger charge is -2.29. The second-order valence-electron chi connectivity index (χ2n) is 7.80. The second-order valence-corrected chi connectivity index (χ2v) is 7.80. The molecule has 0 bridgehead atoms. The van der Waals surface area contributed by atoms with Crippen molar-refractivity contribution in [3.8, 4) is 5.75 Å². The number of ether oxygens (including phenoxy) is 3. The van der Waals surface area contributed by atoms with Crippen LogP contribution in [0.1, 0.15) is 52.9 Å². The summed E-state index contributed by atoms with van der Waals surface area (Å²) < 4.78 is 16.8. The van der Waals surface area contributed by atoms with Gasteiger partial charge in [0.2, 0.25) is 0 Å². The Morgan fingerprint density at radius 3 is 2.43 bits per heavy atom. The molecular formula is C23H36N2O5. The fourth-order valence-electron chi connectivity index (χ4n) is 3.24. The van der Waals surface area contributed by atoms with Gasteiger partial charge in [0.15, 0.2) is 6.61 Å². The number of carbonyl (C=O) groups excluding carboxylic acids is 2. The van der Waals surface area contributed by atoms with Crippen LogP contribution in [0, 0.1) is 0 Å². The summed E-state index contributed by atoms with van der Waals surface area (Å²) in [6.07, 6.45) is 4.69. The van der Waals surface area contributed by atoms with Crippen LogP contribution in [0.2, 0.25) is 0 Å². The Balaban J connectivity index is 1.87. The molecule has 1 N–H and O–H groups in total. The van der Waals surface area contributed by atoms with Gasteiger partial charge < -0.3 is 24.4 Å². The molecule has 7 heteroatoms. The van der Waals surface area contributed by atoms with Crippen molar-refractivity contribution in [3.05, 3.63) is 24.3 Å². The van der Waals surface area contributed by atoms with Crippen LogP contribution in [0.15, 0.2) is 24.3 Å². The predicted octanol–water partition coefficient (Wildman–Crippen LogP) is 3.63. The fourth-order valence-corrected chi connectivity index (χ4v) is 3.24. The zero-order valence-corrected chi connectivity index (χ0v) is 18.6. The van der Waals surface area contributed by atoms with Crippen molar-refractivity contribution in [3.63, 3.8) is 0 Å². The zero-order chi connectivity index (χ0) is 21.8. The molecule has 0 unspecified atom stereocenters. The van der Waals surface area contributed by atoms with Gasteiger partial charge in [0, 0.05) is 25.4 Å². The molecule has 0 spiro atoms. The first kappa shape index (κ1) is 24.2. The fraction of sp³-hybridized carbons (Fsp3) is 0.652. The zero-order valence-electron chi connectivity index (χ0n) is 18.6. The number of nitrogens with zero attached hydrogens (tertiary/aromatic N) is 1. The number of amides is 2. The van der Waals surface area contributed by atoms with E-state index in [1.165, 1.54) is 0 Å². The molecule has 7 nitrogen and oxygen atoms in total. The Labute approximate surface area is 180 Å². The molecule has 1 aliphatic heterocycles. The maximum absolute atomic E-state index is 12.9. The molecule has 2 amide bonds. The standard InChI is InChI=1S/C23H36N2O5/c1-4-6-7-12-23(3,30-15-5-2)22(27)24-19-8-10-20(11-9-19)29-18-21(26)25-13-16-28-17-14-25/h8-11H,4-7,12-18H2,1-3H3,(H,24,27)/t23-/m0/s1. The molecule has 0 saturated carbocycles. The number of carbonyl (C=O) groups is 2. The Bertz CT molecular complexity index is 658. The molecule has 0 aromatic heterocycles. The van der Waals surface area contributed by atoms with Crippen LogP contribution in [0.25, 0.3) is 0 Å². The number of anilines is 1. The smallest absolute Gasteiger partial charge is 0.260 e. The number of hydrogen-bond donors (Lipinski definition) is 1. The highest BCUT2D eigenvalue weighted by atomic mass is 16.5. The highest BCUT2D eigenvalue weighted by Crippen LogP contribution is 2.23. The van der Waals surface area contributed by atoms with Crippen LogP contribution in [-0.2, 0) is 19.1 Å². The lowest BCUT2D eigenvalue weighted by molar-refractivity contribution is -0.140. The highest BCUT2D eigenvalue weighted by Gasteiger charge is 2.33. The minimum Gasteiger partial charge on any atom is -0.484 e. The summed E-state index contributed by atoms with van der Waals surface area (Å²) in [7, 11) is 0. The third kappa shape index (κ3) is 7.61. The van der Waals surface area contributed by atoms with E-state index in [1.807, 2.05) is 13.8 Å². The minimum absolute atomic E-state index is 0.00787. The summed E-state index contributed by atoms with van der Waals surface area (Å²) in [5, 5.41) is 2.95. The van der Waals surface area contributed by atoms with Crippen molar-refractivity contribution in [2.24, 2.45) is 0 Å². The van der Waals surface area contributed by atoms with E-state index in [0.717, 1.165) is 25.7 Å². The average Bonchev–Trinajstić information content (AvgIpc) is 2.77. The maximum Gasteiger partial charge on any atom is 0.260 e. The summed E-state index contributed by atoms with van der Waals surface area (Å²) in [5.74, 6) is 0.400. The molecule has 30 heavy (non-hydrogen) atoms. The van der Waals surface area contributed by atoms with Crippen molar-refractivity contribution < 1.29 is 23.8 Å². The first-order chi connectivity index (χ1) is 14.5. The topological polar surface area (TPSA) is 77.1 Å². The third-order valence-electron chi connectivity index (χ3n) is 5.20. The molecular weight excluding hydrogens is 384 g/mol. The number of hydrogen-bond acceptors (Lipinski definition) is 5. The van der Waals surface area contributed by atoms with E-state index in [-0.39, 0.29) is 18.4 Å². The van der Waals surface area contributed by atoms with Gasteiger partial charge in [-0.3, -0.25) is 9.59 Å². The number of benzene rings is 1. The van der Waals surface area contributed by atoms with Crippen LogP contribution in [0.3, 0.4) is 0 Å². The summed E-state index contributed by atoms with van der Waals surface area (Å²) in [4.78, 5) is 26.8. The van der Waals surface area contributed by atoms with Crippen LogP contribution in [-0.4, -0.2) is 61.8 Å². The van der Waals surface area contributed by atoms with Crippen LogP contribution < -0.4 is 10.1 Å². The first-order valence-corrected chi connectivity index (χ1v) is 11.0.